The van der Waals surface area contributed by atoms with Crippen molar-refractivity contribution in [2.45, 2.75) is 57.1 Å². The van der Waals surface area contributed by atoms with Crippen LogP contribution in [0.2, 0.25) is 10.0 Å². The van der Waals surface area contributed by atoms with E-state index in [0.29, 0.717) is 17.0 Å². The summed E-state index contributed by atoms with van der Waals surface area (Å²) in [5.41, 5.74) is 0.298. The van der Waals surface area contributed by atoms with Crippen molar-refractivity contribution in [1.29, 1.82) is 0 Å². The molecule has 11 heteroatoms. The fourth-order valence-corrected chi connectivity index (χ4v) is 5.85. The molecule has 2 amide bonds. The SMILES string of the molecule is CC[C@@H](C)NC(=O)[C@H](CC)N(Cc1ccc(Cl)c(Cl)c1)C(=O)CN(c1ccccc1F)S(=O)(=O)c1ccccc1. The molecule has 0 aromatic heterocycles. The Morgan fingerprint density at radius 2 is 1.57 bits per heavy atom. The molecule has 0 radical (unpaired) electrons. The van der Waals surface area contributed by atoms with Crippen LogP contribution in [0.3, 0.4) is 0 Å². The summed E-state index contributed by atoms with van der Waals surface area (Å²) in [6.45, 7) is 4.73. The molecule has 0 bridgehead atoms. The first kappa shape index (κ1) is 31.4. The zero-order valence-corrected chi connectivity index (χ0v) is 24.8. The Morgan fingerprint density at radius 1 is 0.925 bits per heavy atom. The molecule has 7 nitrogen and oxygen atoms in total. The topological polar surface area (TPSA) is 86.8 Å². The minimum absolute atomic E-state index is 0.0569. The molecule has 0 saturated heterocycles. The van der Waals surface area contributed by atoms with E-state index in [1.807, 2.05) is 13.8 Å². The fraction of sp³-hybridized carbons (Fsp3) is 0.310. The summed E-state index contributed by atoms with van der Waals surface area (Å²) in [5.74, 6) is -1.89. The molecule has 0 fully saturated rings. The highest BCUT2D eigenvalue weighted by atomic mass is 35.5. The van der Waals surface area contributed by atoms with Crippen LogP contribution in [-0.4, -0.2) is 43.8 Å². The lowest BCUT2D eigenvalue weighted by molar-refractivity contribution is -0.140. The highest BCUT2D eigenvalue weighted by molar-refractivity contribution is 7.92. The molecule has 0 aliphatic carbocycles. The van der Waals surface area contributed by atoms with E-state index < -0.39 is 34.3 Å². The smallest absolute Gasteiger partial charge is 0.264 e. The van der Waals surface area contributed by atoms with Gasteiger partial charge in [-0.2, -0.15) is 0 Å². The van der Waals surface area contributed by atoms with Gasteiger partial charge in [-0.15, -0.1) is 0 Å². The van der Waals surface area contributed by atoms with Gasteiger partial charge in [0.15, 0.2) is 0 Å². The molecule has 3 aromatic carbocycles. The number of benzene rings is 3. The molecule has 214 valence electrons. The largest absolute Gasteiger partial charge is 0.352 e. The number of sulfonamides is 1. The quantitative estimate of drug-likeness (QED) is 0.271. The molecule has 0 aliphatic rings. The summed E-state index contributed by atoms with van der Waals surface area (Å²) in [4.78, 5) is 28.5. The Balaban J connectivity index is 2.07. The molecule has 2 atom stereocenters. The Labute approximate surface area is 244 Å². The zero-order chi connectivity index (χ0) is 29.4. The molecule has 0 saturated carbocycles. The highest BCUT2D eigenvalue weighted by Crippen LogP contribution is 2.28. The first-order chi connectivity index (χ1) is 19.0. The van der Waals surface area contributed by atoms with Gasteiger partial charge in [0.2, 0.25) is 11.8 Å². The van der Waals surface area contributed by atoms with Crippen molar-refractivity contribution in [2.24, 2.45) is 0 Å². The van der Waals surface area contributed by atoms with Crippen LogP contribution < -0.4 is 9.62 Å². The van der Waals surface area contributed by atoms with Crippen molar-refractivity contribution in [3.63, 3.8) is 0 Å². The Kier molecular flexibility index (Phi) is 11.0. The molecule has 40 heavy (non-hydrogen) atoms. The lowest BCUT2D eigenvalue weighted by Gasteiger charge is -2.33. The molecular formula is C29H32Cl2FN3O4S. The van der Waals surface area contributed by atoms with Gasteiger partial charge in [-0.3, -0.25) is 13.9 Å². The fourth-order valence-electron chi connectivity index (χ4n) is 4.08. The Bertz CT molecular complexity index is 1440. The third kappa shape index (κ3) is 7.53. The van der Waals surface area contributed by atoms with Crippen LogP contribution in [0.1, 0.15) is 39.2 Å². The number of amides is 2. The standard InChI is InChI=1S/C29H32Cl2FN3O4S/c1-4-20(3)33-29(37)26(5-2)34(18-21-15-16-23(30)24(31)17-21)28(36)19-35(27-14-10-9-13-25(27)32)40(38,39)22-11-7-6-8-12-22/h6-17,20,26H,4-5,18-19H2,1-3H3,(H,33,37)/t20-,26+/m1/s1. The van der Waals surface area contributed by atoms with Crippen molar-refractivity contribution in [3.05, 3.63) is 94.2 Å². The van der Waals surface area contributed by atoms with Crippen molar-refractivity contribution in [3.8, 4) is 0 Å². The van der Waals surface area contributed by atoms with Gasteiger partial charge < -0.3 is 10.2 Å². The number of para-hydroxylation sites is 1. The van der Waals surface area contributed by atoms with Gasteiger partial charge in [0.1, 0.15) is 18.4 Å². The molecule has 0 heterocycles. The molecule has 0 spiro atoms. The van der Waals surface area contributed by atoms with Gasteiger partial charge >= 0.3 is 0 Å². The van der Waals surface area contributed by atoms with Crippen LogP contribution in [0.25, 0.3) is 0 Å². The summed E-state index contributed by atoms with van der Waals surface area (Å²) in [6, 6.07) is 16.5. The summed E-state index contributed by atoms with van der Waals surface area (Å²) in [7, 11) is -4.36. The van der Waals surface area contributed by atoms with E-state index in [-0.39, 0.29) is 40.5 Å². The predicted molar refractivity (Wildman–Crippen MR) is 156 cm³/mol. The van der Waals surface area contributed by atoms with Crippen LogP contribution in [0, 0.1) is 5.82 Å². The average Bonchev–Trinajstić information content (AvgIpc) is 2.94. The third-order valence-corrected chi connectivity index (χ3v) is 8.97. The molecule has 3 rings (SSSR count). The zero-order valence-electron chi connectivity index (χ0n) is 22.5. The molecular weight excluding hydrogens is 576 g/mol. The number of hydrogen-bond donors (Lipinski definition) is 1. The third-order valence-electron chi connectivity index (χ3n) is 6.46. The van der Waals surface area contributed by atoms with E-state index >= 15 is 0 Å². The maximum atomic E-state index is 15.0. The van der Waals surface area contributed by atoms with E-state index in [1.165, 1.54) is 47.4 Å². The lowest BCUT2D eigenvalue weighted by Crippen LogP contribution is -2.53. The number of rotatable bonds is 12. The highest BCUT2D eigenvalue weighted by Gasteiger charge is 2.34. The van der Waals surface area contributed by atoms with Gasteiger partial charge in [0, 0.05) is 12.6 Å². The lowest BCUT2D eigenvalue weighted by atomic mass is 10.1. The van der Waals surface area contributed by atoms with Crippen molar-refractivity contribution in [2.75, 3.05) is 10.8 Å². The van der Waals surface area contributed by atoms with Crippen LogP contribution in [-0.2, 0) is 26.2 Å². The van der Waals surface area contributed by atoms with Crippen LogP contribution in [0.4, 0.5) is 10.1 Å². The second-order valence-electron chi connectivity index (χ2n) is 9.29. The molecule has 0 aliphatic heterocycles. The molecule has 3 aromatic rings. The first-order valence-electron chi connectivity index (χ1n) is 12.9. The molecule has 1 N–H and O–H groups in total. The van der Waals surface area contributed by atoms with E-state index in [9.17, 15) is 22.4 Å². The Morgan fingerprint density at radius 3 is 2.17 bits per heavy atom. The van der Waals surface area contributed by atoms with E-state index in [4.69, 9.17) is 23.2 Å². The second kappa shape index (κ2) is 14.0. The number of nitrogens with one attached hydrogen (secondary N) is 1. The predicted octanol–water partition coefficient (Wildman–Crippen LogP) is 6.05. The van der Waals surface area contributed by atoms with Gasteiger partial charge in [-0.05, 0) is 61.7 Å². The normalized spacial score (nSPS) is 12.8. The monoisotopic (exact) mass is 607 g/mol. The number of anilines is 1. The van der Waals surface area contributed by atoms with E-state index in [1.54, 1.807) is 31.2 Å². The maximum Gasteiger partial charge on any atom is 0.264 e. The van der Waals surface area contributed by atoms with E-state index in [0.717, 1.165) is 10.4 Å². The summed E-state index contributed by atoms with van der Waals surface area (Å²) >= 11 is 12.3. The van der Waals surface area contributed by atoms with Crippen LogP contribution in [0.5, 0.6) is 0 Å². The minimum Gasteiger partial charge on any atom is -0.352 e. The van der Waals surface area contributed by atoms with Crippen molar-refractivity contribution in [1.82, 2.24) is 10.2 Å². The van der Waals surface area contributed by atoms with Crippen molar-refractivity contribution >= 4 is 50.7 Å². The second-order valence-corrected chi connectivity index (χ2v) is 12.0. The summed E-state index contributed by atoms with van der Waals surface area (Å²) in [6.07, 6.45) is 0.930. The van der Waals surface area contributed by atoms with Crippen LogP contribution in [0.15, 0.2) is 77.7 Å². The van der Waals surface area contributed by atoms with Crippen molar-refractivity contribution < 1.29 is 22.4 Å². The van der Waals surface area contributed by atoms with Gasteiger partial charge in [0.05, 0.1) is 20.6 Å². The number of halogens is 3. The number of carbonyl (C=O) groups is 2. The first-order valence-corrected chi connectivity index (χ1v) is 15.0. The summed E-state index contributed by atoms with van der Waals surface area (Å²) < 4.78 is 43.2. The van der Waals surface area contributed by atoms with Crippen LogP contribution >= 0.6 is 23.2 Å². The van der Waals surface area contributed by atoms with E-state index in [2.05, 4.69) is 5.32 Å². The number of nitrogens with zero attached hydrogens (tertiary/aromatic N) is 2. The maximum absolute atomic E-state index is 15.0. The van der Waals surface area contributed by atoms with Gasteiger partial charge in [0.25, 0.3) is 10.0 Å². The minimum atomic E-state index is -4.36. The van der Waals surface area contributed by atoms with Gasteiger partial charge in [-0.1, -0.05) is 73.4 Å². The van der Waals surface area contributed by atoms with Gasteiger partial charge in [-0.25, -0.2) is 12.8 Å². The average molecular weight is 609 g/mol. The molecule has 0 unspecified atom stereocenters. The summed E-state index contributed by atoms with van der Waals surface area (Å²) in [5, 5.41) is 3.49. The number of carbonyl (C=O) groups excluding carboxylic acids is 2. The number of hydrogen-bond acceptors (Lipinski definition) is 4. The Hall–Kier alpha value is -3.14.